The molecule has 1 heterocycles. The van der Waals surface area contributed by atoms with Crippen LogP contribution in [0.25, 0.3) is 0 Å². The van der Waals surface area contributed by atoms with E-state index < -0.39 is 0 Å². The minimum absolute atomic E-state index is 0.263. The fourth-order valence-electron chi connectivity index (χ4n) is 1.92. The molecular formula is C14H16FN3. The lowest BCUT2D eigenvalue weighted by atomic mass is 10.1. The fourth-order valence-corrected chi connectivity index (χ4v) is 1.92. The molecule has 1 aromatic carbocycles. The maximum absolute atomic E-state index is 13.2. The molecule has 0 saturated carbocycles. The number of aromatic nitrogens is 1. The molecule has 0 radical (unpaired) electrons. The molecule has 94 valence electrons. The summed E-state index contributed by atoms with van der Waals surface area (Å²) in [6.45, 7) is 2.40. The van der Waals surface area contributed by atoms with Gasteiger partial charge in [0.05, 0.1) is 0 Å². The first kappa shape index (κ1) is 12.5. The quantitative estimate of drug-likeness (QED) is 0.904. The number of rotatable bonds is 3. The highest BCUT2D eigenvalue weighted by Crippen LogP contribution is 2.26. The number of nitrogens with two attached hydrogens (primary N) is 1. The van der Waals surface area contributed by atoms with Gasteiger partial charge in [-0.1, -0.05) is 6.07 Å². The van der Waals surface area contributed by atoms with Gasteiger partial charge in [-0.2, -0.15) is 0 Å². The van der Waals surface area contributed by atoms with Crippen LogP contribution in [-0.4, -0.2) is 12.0 Å². The zero-order chi connectivity index (χ0) is 13.1. The van der Waals surface area contributed by atoms with E-state index in [9.17, 15) is 4.39 Å². The molecular weight excluding hydrogens is 229 g/mol. The van der Waals surface area contributed by atoms with E-state index in [1.807, 2.05) is 31.0 Å². The second-order valence-electron chi connectivity index (χ2n) is 4.17. The summed E-state index contributed by atoms with van der Waals surface area (Å²) in [7, 11) is 1.86. The molecule has 18 heavy (non-hydrogen) atoms. The zero-order valence-electron chi connectivity index (χ0n) is 10.5. The van der Waals surface area contributed by atoms with Gasteiger partial charge < -0.3 is 10.6 Å². The Morgan fingerprint density at radius 2 is 2.11 bits per heavy atom. The lowest BCUT2D eigenvalue weighted by Gasteiger charge is -2.22. The van der Waals surface area contributed by atoms with Crippen LogP contribution in [0.4, 0.5) is 15.9 Å². The third-order valence-corrected chi connectivity index (χ3v) is 2.98. The fraction of sp³-hybridized carbons (Fsp3) is 0.214. The Balaban J connectivity index is 2.46. The molecule has 0 aliphatic carbocycles. The first-order valence-corrected chi connectivity index (χ1v) is 5.77. The maximum Gasteiger partial charge on any atom is 0.137 e. The van der Waals surface area contributed by atoms with Crippen LogP contribution in [0.3, 0.4) is 0 Å². The minimum atomic E-state index is -0.263. The summed E-state index contributed by atoms with van der Waals surface area (Å²) >= 11 is 0. The highest BCUT2D eigenvalue weighted by molar-refractivity contribution is 5.63. The lowest BCUT2D eigenvalue weighted by Crippen LogP contribution is -2.16. The van der Waals surface area contributed by atoms with Crippen molar-refractivity contribution in [1.82, 2.24) is 4.98 Å². The van der Waals surface area contributed by atoms with Crippen molar-refractivity contribution >= 4 is 11.5 Å². The topological polar surface area (TPSA) is 42.2 Å². The van der Waals surface area contributed by atoms with Crippen molar-refractivity contribution in [3.05, 3.63) is 53.5 Å². The molecule has 0 aliphatic heterocycles. The van der Waals surface area contributed by atoms with Crippen LogP contribution in [0.5, 0.6) is 0 Å². The molecule has 0 fully saturated rings. The minimum Gasteiger partial charge on any atom is -0.329 e. The van der Waals surface area contributed by atoms with Gasteiger partial charge in [0.25, 0.3) is 0 Å². The lowest BCUT2D eigenvalue weighted by molar-refractivity contribution is 0.628. The summed E-state index contributed by atoms with van der Waals surface area (Å²) in [5.41, 5.74) is 8.57. The molecule has 0 amide bonds. The van der Waals surface area contributed by atoms with Crippen molar-refractivity contribution in [2.45, 2.75) is 13.5 Å². The Morgan fingerprint density at radius 1 is 1.33 bits per heavy atom. The number of anilines is 2. The van der Waals surface area contributed by atoms with Crippen molar-refractivity contribution in [3.8, 4) is 0 Å². The zero-order valence-corrected chi connectivity index (χ0v) is 10.5. The number of pyridine rings is 1. The molecule has 0 aliphatic rings. The average molecular weight is 245 g/mol. The van der Waals surface area contributed by atoms with Crippen molar-refractivity contribution in [1.29, 1.82) is 0 Å². The Hall–Kier alpha value is -1.94. The van der Waals surface area contributed by atoms with E-state index in [0.717, 1.165) is 22.6 Å². The van der Waals surface area contributed by atoms with E-state index in [4.69, 9.17) is 5.73 Å². The molecule has 1 aromatic heterocycles. The summed E-state index contributed by atoms with van der Waals surface area (Å²) in [5, 5.41) is 0. The van der Waals surface area contributed by atoms with E-state index in [-0.39, 0.29) is 5.82 Å². The van der Waals surface area contributed by atoms with Crippen LogP contribution in [0.1, 0.15) is 11.1 Å². The van der Waals surface area contributed by atoms with Crippen LogP contribution in [0, 0.1) is 12.7 Å². The molecule has 0 saturated heterocycles. The SMILES string of the molecule is Cc1ccnc(N(C)c2cccc(F)c2)c1CN. The van der Waals surface area contributed by atoms with Gasteiger partial charge in [0.1, 0.15) is 11.6 Å². The van der Waals surface area contributed by atoms with E-state index in [2.05, 4.69) is 4.98 Å². The van der Waals surface area contributed by atoms with Gasteiger partial charge in [0, 0.05) is 31.0 Å². The first-order valence-electron chi connectivity index (χ1n) is 5.77. The first-order chi connectivity index (χ1) is 8.63. The monoisotopic (exact) mass is 245 g/mol. The highest BCUT2D eigenvalue weighted by atomic mass is 19.1. The van der Waals surface area contributed by atoms with E-state index in [1.54, 1.807) is 12.3 Å². The van der Waals surface area contributed by atoms with Gasteiger partial charge in [-0.25, -0.2) is 9.37 Å². The molecule has 4 heteroatoms. The number of hydrogen-bond donors (Lipinski definition) is 1. The van der Waals surface area contributed by atoms with Crippen LogP contribution < -0.4 is 10.6 Å². The second kappa shape index (κ2) is 5.14. The van der Waals surface area contributed by atoms with Crippen LogP contribution in [0.15, 0.2) is 36.5 Å². The predicted molar refractivity (Wildman–Crippen MR) is 71.3 cm³/mol. The Morgan fingerprint density at radius 3 is 2.78 bits per heavy atom. The van der Waals surface area contributed by atoms with Gasteiger partial charge in [-0.15, -0.1) is 0 Å². The normalized spacial score (nSPS) is 10.4. The average Bonchev–Trinajstić information content (AvgIpc) is 2.37. The van der Waals surface area contributed by atoms with Crippen molar-refractivity contribution < 1.29 is 4.39 Å². The van der Waals surface area contributed by atoms with Gasteiger partial charge in [0.2, 0.25) is 0 Å². The van der Waals surface area contributed by atoms with Crippen LogP contribution in [-0.2, 0) is 6.54 Å². The molecule has 0 bridgehead atoms. The molecule has 2 N–H and O–H groups in total. The van der Waals surface area contributed by atoms with Crippen LogP contribution in [0.2, 0.25) is 0 Å². The van der Waals surface area contributed by atoms with Crippen molar-refractivity contribution in [2.24, 2.45) is 5.73 Å². The smallest absolute Gasteiger partial charge is 0.137 e. The summed E-state index contributed by atoms with van der Waals surface area (Å²) in [5.74, 6) is 0.504. The third kappa shape index (κ3) is 2.33. The number of aryl methyl sites for hydroxylation is 1. The largest absolute Gasteiger partial charge is 0.329 e. The highest BCUT2D eigenvalue weighted by Gasteiger charge is 2.12. The van der Waals surface area contributed by atoms with E-state index >= 15 is 0 Å². The van der Waals surface area contributed by atoms with Crippen molar-refractivity contribution in [2.75, 3.05) is 11.9 Å². The predicted octanol–water partition coefficient (Wildman–Crippen LogP) is 2.76. The van der Waals surface area contributed by atoms with Gasteiger partial charge in [-0.3, -0.25) is 0 Å². The van der Waals surface area contributed by atoms with E-state index in [0.29, 0.717) is 6.54 Å². The summed E-state index contributed by atoms with van der Waals surface area (Å²) < 4.78 is 13.2. The molecule has 2 aromatic rings. The Bertz CT molecular complexity index is 554. The number of nitrogens with zero attached hydrogens (tertiary/aromatic N) is 2. The molecule has 2 rings (SSSR count). The number of benzene rings is 1. The molecule has 0 spiro atoms. The number of hydrogen-bond acceptors (Lipinski definition) is 3. The van der Waals surface area contributed by atoms with E-state index in [1.165, 1.54) is 12.1 Å². The van der Waals surface area contributed by atoms with Gasteiger partial charge >= 0.3 is 0 Å². The summed E-state index contributed by atoms with van der Waals surface area (Å²) in [6, 6.07) is 8.34. The number of halogens is 1. The van der Waals surface area contributed by atoms with Crippen molar-refractivity contribution in [3.63, 3.8) is 0 Å². The maximum atomic E-state index is 13.2. The molecule has 3 nitrogen and oxygen atoms in total. The summed E-state index contributed by atoms with van der Waals surface area (Å²) in [4.78, 5) is 6.19. The van der Waals surface area contributed by atoms with Crippen LogP contribution >= 0.6 is 0 Å². The standard InChI is InChI=1S/C14H16FN3/c1-10-6-7-17-14(13(10)9-16)18(2)12-5-3-4-11(15)8-12/h3-8H,9,16H2,1-2H3. The summed E-state index contributed by atoms with van der Waals surface area (Å²) in [6.07, 6.45) is 1.74. The third-order valence-electron chi connectivity index (χ3n) is 2.98. The van der Waals surface area contributed by atoms with Gasteiger partial charge in [-0.05, 0) is 36.8 Å². The molecule has 0 atom stereocenters. The van der Waals surface area contributed by atoms with Gasteiger partial charge in [0.15, 0.2) is 0 Å². The Labute approximate surface area is 106 Å². The Kier molecular flexibility index (Phi) is 3.58. The second-order valence-corrected chi connectivity index (χ2v) is 4.17. The molecule has 0 unspecified atom stereocenters.